The van der Waals surface area contributed by atoms with Gasteiger partial charge < -0.3 is 10.0 Å². The van der Waals surface area contributed by atoms with Gasteiger partial charge in [-0.1, -0.05) is 19.3 Å². The van der Waals surface area contributed by atoms with Crippen molar-refractivity contribution in [3.05, 3.63) is 0 Å². The smallest absolute Gasteiger partial charge is 0.236 e. The first kappa shape index (κ1) is 14.8. The first-order chi connectivity index (χ1) is 9.15. The van der Waals surface area contributed by atoms with Crippen LogP contribution in [0.4, 0.5) is 0 Å². The van der Waals surface area contributed by atoms with Crippen LogP contribution in [0.1, 0.15) is 44.9 Å². The molecule has 2 rings (SSSR count). The monoisotopic (exact) mass is 268 g/mol. The Labute approximate surface area is 116 Å². The Morgan fingerprint density at radius 2 is 1.79 bits per heavy atom. The first-order valence-electron chi connectivity index (χ1n) is 7.79. The van der Waals surface area contributed by atoms with Crippen LogP contribution in [0.2, 0.25) is 0 Å². The number of carbonyl (C=O) groups is 1. The molecule has 1 saturated heterocycles. The number of hydrogen-bond donors (Lipinski definition) is 1. The number of piperidine rings is 1. The average molecular weight is 268 g/mol. The Kier molecular flexibility index (Phi) is 5.64. The summed E-state index contributed by atoms with van der Waals surface area (Å²) >= 11 is 0. The first-order valence-corrected chi connectivity index (χ1v) is 7.79. The minimum Gasteiger partial charge on any atom is -0.393 e. The van der Waals surface area contributed by atoms with E-state index in [1.165, 1.54) is 32.1 Å². The number of amides is 1. The van der Waals surface area contributed by atoms with Crippen molar-refractivity contribution in [3.8, 4) is 0 Å². The highest BCUT2D eigenvalue weighted by Crippen LogP contribution is 2.24. The molecule has 1 saturated carbocycles. The highest BCUT2D eigenvalue weighted by molar-refractivity contribution is 5.78. The van der Waals surface area contributed by atoms with Gasteiger partial charge in [0.15, 0.2) is 0 Å². The Morgan fingerprint density at radius 3 is 2.42 bits per heavy atom. The van der Waals surface area contributed by atoms with Gasteiger partial charge in [-0.25, -0.2) is 0 Å². The lowest BCUT2D eigenvalue weighted by molar-refractivity contribution is -0.132. The third-order valence-electron chi connectivity index (χ3n) is 4.60. The summed E-state index contributed by atoms with van der Waals surface area (Å²) in [6, 6.07) is 0. The molecule has 2 fully saturated rings. The topological polar surface area (TPSA) is 43.8 Å². The highest BCUT2D eigenvalue weighted by Gasteiger charge is 2.22. The maximum atomic E-state index is 12.2. The molecule has 4 heteroatoms. The van der Waals surface area contributed by atoms with Crippen LogP contribution in [-0.4, -0.2) is 60.1 Å². The molecule has 0 atom stereocenters. The van der Waals surface area contributed by atoms with Crippen LogP contribution in [0.5, 0.6) is 0 Å². The van der Waals surface area contributed by atoms with Gasteiger partial charge in [-0.15, -0.1) is 0 Å². The summed E-state index contributed by atoms with van der Waals surface area (Å²) < 4.78 is 0. The largest absolute Gasteiger partial charge is 0.393 e. The van der Waals surface area contributed by atoms with E-state index >= 15 is 0 Å². The zero-order valence-corrected chi connectivity index (χ0v) is 12.2. The van der Waals surface area contributed by atoms with E-state index in [2.05, 4.69) is 4.90 Å². The lowest BCUT2D eigenvalue weighted by Gasteiger charge is -2.32. The molecule has 2 aliphatic rings. The standard InChI is InChI=1S/C15H28N2O2/c1-16(11-13-5-3-2-4-6-13)15(19)12-17-9-7-14(18)8-10-17/h13-14,18H,2-12H2,1H3. The van der Waals surface area contributed by atoms with Crippen LogP contribution in [0.3, 0.4) is 0 Å². The highest BCUT2D eigenvalue weighted by atomic mass is 16.3. The van der Waals surface area contributed by atoms with E-state index in [0.29, 0.717) is 12.5 Å². The summed E-state index contributed by atoms with van der Waals surface area (Å²) in [5, 5.41) is 9.46. The van der Waals surface area contributed by atoms with Crippen molar-refractivity contribution < 1.29 is 9.90 Å². The van der Waals surface area contributed by atoms with Crippen LogP contribution in [-0.2, 0) is 4.79 Å². The molecule has 110 valence electrons. The molecule has 0 bridgehead atoms. The number of hydrogen-bond acceptors (Lipinski definition) is 3. The third kappa shape index (κ3) is 4.77. The van der Waals surface area contributed by atoms with E-state index in [1.807, 2.05) is 11.9 Å². The van der Waals surface area contributed by atoms with Crippen LogP contribution >= 0.6 is 0 Å². The SMILES string of the molecule is CN(CC1CCCCC1)C(=O)CN1CCC(O)CC1. The minimum atomic E-state index is -0.161. The number of aliphatic hydroxyl groups excluding tert-OH is 1. The van der Waals surface area contributed by atoms with Crippen LogP contribution in [0.25, 0.3) is 0 Å². The Bertz CT molecular complexity index is 282. The summed E-state index contributed by atoms with van der Waals surface area (Å²) in [7, 11) is 1.94. The van der Waals surface area contributed by atoms with Gasteiger partial charge >= 0.3 is 0 Å². The quantitative estimate of drug-likeness (QED) is 0.840. The van der Waals surface area contributed by atoms with Gasteiger partial charge in [0.05, 0.1) is 12.6 Å². The molecule has 0 aromatic carbocycles. The lowest BCUT2D eigenvalue weighted by atomic mass is 9.89. The molecular weight excluding hydrogens is 240 g/mol. The summed E-state index contributed by atoms with van der Waals surface area (Å²) in [5.74, 6) is 0.952. The molecule has 1 heterocycles. The van der Waals surface area contributed by atoms with Crippen molar-refractivity contribution in [2.75, 3.05) is 33.2 Å². The predicted molar refractivity (Wildman–Crippen MR) is 75.9 cm³/mol. The van der Waals surface area contributed by atoms with Gasteiger partial charge in [0, 0.05) is 26.7 Å². The maximum Gasteiger partial charge on any atom is 0.236 e. The fourth-order valence-corrected chi connectivity index (χ4v) is 3.25. The van der Waals surface area contributed by atoms with E-state index in [4.69, 9.17) is 0 Å². The van der Waals surface area contributed by atoms with E-state index in [0.717, 1.165) is 32.5 Å². The number of likely N-dealkylation sites (tertiary alicyclic amines) is 1. The normalized spacial score (nSPS) is 23.5. The molecule has 4 nitrogen and oxygen atoms in total. The molecule has 0 unspecified atom stereocenters. The van der Waals surface area contributed by atoms with Crippen LogP contribution in [0.15, 0.2) is 0 Å². The summed E-state index contributed by atoms with van der Waals surface area (Å²) in [5.41, 5.74) is 0. The fraction of sp³-hybridized carbons (Fsp3) is 0.933. The van der Waals surface area contributed by atoms with Crippen molar-refractivity contribution in [3.63, 3.8) is 0 Å². The molecule has 0 aromatic heterocycles. The van der Waals surface area contributed by atoms with Crippen molar-refractivity contribution in [1.82, 2.24) is 9.80 Å². The molecule has 0 spiro atoms. The average Bonchev–Trinajstić information content (AvgIpc) is 2.42. The van der Waals surface area contributed by atoms with Crippen molar-refractivity contribution >= 4 is 5.91 Å². The molecule has 0 radical (unpaired) electrons. The van der Waals surface area contributed by atoms with Gasteiger partial charge in [0.2, 0.25) is 5.91 Å². The molecule has 1 amide bonds. The van der Waals surface area contributed by atoms with E-state index < -0.39 is 0 Å². The van der Waals surface area contributed by atoms with Crippen molar-refractivity contribution in [1.29, 1.82) is 0 Å². The second-order valence-corrected chi connectivity index (χ2v) is 6.29. The van der Waals surface area contributed by atoms with E-state index in [9.17, 15) is 9.90 Å². The second kappa shape index (κ2) is 7.25. The molecular formula is C15H28N2O2. The molecule has 1 aliphatic carbocycles. The van der Waals surface area contributed by atoms with Gasteiger partial charge in [-0.05, 0) is 31.6 Å². The Hall–Kier alpha value is -0.610. The third-order valence-corrected chi connectivity index (χ3v) is 4.60. The van der Waals surface area contributed by atoms with Crippen LogP contribution in [0, 0.1) is 5.92 Å². The Balaban J connectivity index is 1.69. The number of carbonyl (C=O) groups excluding carboxylic acids is 1. The maximum absolute atomic E-state index is 12.2. The minimum absolute atomic E-state index is 0.161. The second-order valence-electron chi connectivity index (χ2n) is 6.29. The van der Waals surface area contributed by atoms with Gasteiger partial charge in [-0.3, -0.25) is 9.69 Å². The molecule has 19 heavy (non-hydrogen) atoms. The summed E-state index contributed by atoms with van der Waals surface area (Å²) in [6.07, 6.45) is 8.05. The number of likely N-dealkylation sites (N-methyl/N-ethyl adjacent to an activating group) is 1. The Morgan fingerprint density at radius 1 is 1.16 bits per heavy atom. The van der Waals surface area contributed by atoms with E-state index in [1.54, 1.807) is 0 Å². The summed E-state index contributed by atoms with van der Waals surface area (Å²) in [4.78, 5) is 16.3. The number of nitrogens with zero attached hydrogens (tertiary/aromatic N) is 2. The molecule has 0 aromatic rings. The predicted octanol–water partition coefficient (Wildman–Crippen LogP) is 1.48. The zero-order chi connectivity index (χ0) is 13.7. The van der Waals surface area contributed by atoms with Gasteiger partial charge in [-0.2, -0.15) is 0 Å². The fourth-order valence-electron chi connectivity index (χ4n) is 3.25. The lowest BCUT2D eigenvalue weighted by Crippen LogP contribution is -2.44. The molecule has 1 N–H and O–H groups in total. The summed E-state index contributed by atoms with van der Waals surface area (Å²) in [6.45, 7) is 3.15. The van der Waals surface area contributed by atoms with Crippen molar-refractivity contribution in [2.24, 2.45) is 5.92 Å². The van der Waals surface area contributed by atoms with Gasteiger partial charge in [0.1, 0.15) is 0 Å². The van der Waals surface area contributed by atoms with E-state index in [-0.39, 0.29) is 12.0 Å². The van der Waals surface area contributed by atoms with Crippen molar-refractivity contribution in [2.45, 2.75) is 51.0 Å². The zero-order valence-electron chi connectivity index (χ0n) is 12.2. The molecule has 1 aliphatic heterocycles. The number of aliphatic hydroxyl groups is 1. The van der Waals surface area contributed by atoms with Gasteiger partial charge in [0.25, 0.3) is 0 Å². The van der Waals surface area contributed by atoms with Crippen LogP contribution < -0.4 is 0 Å². The number of rotatable bonds is 4.